The van der Waals surface area contributed by atoms with Gasteiger partial charge in [0.05, 0.1) is 11.9 Å². The molecule has 1 aromatic carbocycles. The number of pyridine rings is 3. The maximum atomic E-state index is 12.8. The highest BCUT2D eigenvalue weighted by Gasteiger charge is 2.25. The monoisotopic (exact) mass is 430 g/mol. The summed E-state index contributed by atoms with van der Waals surface area (Å²) in [5.41, 5.74) is 3.54. The van der Waals surface area contributed by atoms with Crippen molar-refractivity contribution >= 4 is 21.5 Å². The lowest BCUT2D eigenvalue weighted by Gasteiger charge is -2.26. The van der Waals surface area contributed by atoms with Gasteiger partial charge in [-0.25, -0.2) is 17.7 Å². The molecule has 156 valence electrons. The Hall–Kier alpha value is -3.58. The predicted molar refractivity (Wildman–Crippen MR) is 122 cm³/mol. The second-order valence-corrected chi connectivity index (χ2v) is 9.00. The van der Waals surface area contributed by atoms with E-state index in [0.29, 0.717) is 17.9 Å². The highest BCUT2D eigenvalue weighted by molar-refractivity contribution is 7.92. The molecule has 0 aliphatic rings. The van der Waals surface area contributed by atoms with Crippen LogP contribution in [0.5, 0.6) is 0 Å². The molecule has 3 aromatic heterocycles. The quantitative estimate of drug-likeness (QED) is 0.436. The fourth-order valence-corrected chi connectivity index (χ4v) is 4.62. The average Bonchev–Trinajstić information content (AvgIpc) is 2.79. The maximum absolute atomic E-state index is 12.8. The Kier molecular flexibility index (Phi) is 6.04. The van der Waals surface area contributed by atoms with E-state index < -0.39 is 10.0 Å². The van der Waals surface area contributed by atoms with Gasteiger partial charge in [0.2, 0.25) is 10.0 Å². The highest BCUT2D eigenvalue weighted by atomic mass is 32.2. The lowest BCUT2D eigenvalue weighted by Crippen LogP contribution is -2.26. The van der Waals surface area contributed by atoms with Crippen LogP contribution in [0.15, 0.2) is 97.7 Å². The van der Waals surface area contributed by atoms with Gasteiger partial charge < -0.3 is 0 Å². The smallest absolute Gasteiger partial charge is 0.237 e. The number of rotatable bonds is 7. The van der Waals surface area contributed by atoms with Crippen LogP contribution in [-0.4, -0.2) is 29.6 Å². The van der Waals surface area contributed by atoms with E-state index >= 15 is 0 Å². The molecule has 0 N–H and O–H groups in total. The molecule has 0 spiro atoms. The van der Waals surface area contributed by atoms with Crippen molar-refractivity contribution < 1.29 is 8.42 Å². The second kappa shape index (κ2) is 9.06. The molecule has 6 nitrogen and oxygen atoms in total. The first-order valence-corrected chi connectivity index (χ1v) is 11.7. The Morgan fingerprint density at radius 2 is 1.45 bits per heavy atom. The van der Waals surface area contributed by atoms with Crippen LogP contribution in [0.25, 0.3) is 0 Å². The van der Waals surface area contributed by atoms with Crippen LogP contribution in [0.1, 0.15) is 22.6 Å². The molecule has 0 atom stereocenters. The van der Waals surface area contributed by atoms with E-state index in [-0.39, 0.29) is 5.92 Å². The molecular weight excluding hydrogens is 408 g/mol. The fourth-order valence-electron chi connectivity index (χ4n) is 3.64. The first kappa shape index (κ1) is 20.7. The van der Waals surface area contributed by atoms with Gasteiger partial charge in [0, 0.05) is 36.9 Å². The topological polar surface area (TPSA) is 76.1 Å². The molecule has 0 aliphatic heterocycles. The average molecular weight is 431 g/mol. The SMILES string of the molecule is CS(=O)(=O)N(c1ccccn1)c1ccccc1CC(c1cccnc1)c1cccnc1. The van der Waals surface area contributed by atoms with Crippen molar-refractivity contribution in [2.45, 2.75) is 12.3 Å². The van der Waals surface area contributed by atoms with Crippen molar-refractivity contribution in [2.75, 3.05) is 10.6 Å². The van der Waals surface area contributed by atoms with E-state index in [9.17, 15) is 8.42 Å². The van der Waals surface area contributed by atoms with E-state index in [2.05, 4.69) is 15.0 Å². The molecule has 0 saturated heterocycles. The maximum Gasteiger partial charge on any atom is 0.237 e. The number of hydrogen-bond acceptors (Lipinski definition) is 5. The van der Waals surface area contributed by atoms with Crippen molar-refractivity contribution in [3.63, 3.8) is 0 Å². The number of anilines is 2. The van der Waals surface area contributed by atoms with Crippen LogP contribution in [0, 0.1) is 0 Å². The number of aromatic nitrogens is 3. The molecule has 3 heterocycles. The fraction of sp³-hybridized carbons (Fsp3) is 0.125. The Morgan fingerprint density at radius 3 is 2.00 bits per heavy atom. The summed E-state index contributed by atoms with van der Waals surface area (Å²) in [6.45, 7) is 0. The van der Waals surface area contributed by atoms with Crippen LogP contribution in [-0.2, 0) is 16.4 Å². The van der Waals surface area contributed by atoms with E-state index in [4.69, 9.17) is 0 Å². The predicted octanol–water partition coefficient (Wildman–Crippen LogP) is 4.34. The summed E-state index contributed by atoms with van der Waals surface area (Å²) in [5, 5.41) is 0. The summed E-state index contributed by atoms with van der Waals surface area (Å²) in [7, 11) is -3.61. The Labute approximate surface area is 182 Å². The minimum absolute atomic E-state index is 0.0336. The summed E-state index contributed by atoms with van der Waals surface area (Å²) >= 11 is 0. The molecule has 0 aliphatic carbocycles. The van der Waals surface area contributed by atoms with E-state index in [1.165, 1.54) is 10.6 Å². The van der Waals surface area contributed by atoms with Gasteiger partial charge in [-0.2, -0.15) is 0 Å². The van der Waals surface area contributed by atoms with Crippen LogP contribution >= 0.6 is 0 Å². The van der Waals surface area contributed by atoms with Crippen molar-refractivity contribution in [1.29, 1.82) is 0 Å². The van der Waals surface area contributed by atoms with Crippen LogP contribution in [0.4, 0.5) is 11.5 Å². The molecule has 0 saturated carbocycles. The van der Waals surface area contributed by atoms with Crippen molar-refractivity contribution in [3.05, 3.63) is 114 Å². The molecule has 4 aromatic rings. The summed E-state index contributed by atoms with van der Waals surface area (Å²) in [5.74, 6) is 0.324. The first-order chi connectivity index (χ1) is 15.0. The molecule has 31 heavy (non-hydrogen) atoms. The number of benzene rings is 1. The van der Waals surface area contributed by atoms with Crippen LogP contribution in [0.2, 0.25) is 0 Å². The molecule has 0 bridgehead atoms. The van der Waals surface area contributed by atoms with Gasteiger partial charge in [0.25, 0.3) is 0 Å². The summed E-state index contributed by atoms with van der Waals surface area (Å²) in [6.07, 6.45) is 10.5. The third-order valence-corrected chi connectivity index (χ3v) is 6.04. The molecule has 4 rings (SSSR count). The van der Waals surface area contributed by atoms with Gasteiger partial charge >= 0.3 is 0 Å². The molecular formula is C24H22N4O2S. The van der Waals surface area contributed by atoms with Gasteiger partial charge in [-0.15, -0.1) is 0 Å². The Balaban J connectivity index is 1.82. The molecule has 0 radical (unpaired) electrons. The first-order valence-electron chi connectivity index (χ1n) is 9.83. The minimum Gasteiger partial charge on any atom is -0.264 e. The van der Waals surface area contributed by atoms with Gasteiger partial charge in [-0.05, 0) is 53.4 Å². The zero-order valence-electron chi connectivity index (χ0n) is 17.0. The largest absolute Gasteiger partial charge is 0.264 e. The highest BCUT2D eigenvalue weighted by Crippen LogP contribution is 2.35. The van der Waals surface area contributed by atoms with E-state index in [1.54, 1.807) is 36.8 Å². The number of nitrogens with zero attached hydrogens (tertiary/aromatic N) is 4. The normalized spacial score (nSPS) is 11.4. The third kappa shape index (κ3) is 4.78. The number of hydrogen-bond donors (Lipinski definition) is 0. The lowest BCUT2D eigenvalue weighted by atomic mass is 9.87. The van der Waals surface area contributed by atoms with Crippen molar-refractivity contribution in [2.24, 2.45) is 0 Å². The van der Waals surface area contributed by atoms with Gasteiger partial charge in [0.15, 0.2) is 0 Å². The molecule has 0 unspecified atom stereocenters. The zero-order valence-corrected chi connectivity index (χ0v) is 17.9. The standard InChI is InChI=1S/C24H22N4O2S/c1-31(29,30)28(24-12-4-5-15-27-24)23-11-3-2-8-19(23)16-22(20-9-6-13-25-17-20)21-10-7-14-26-18-21/h2-15,17-18,22H,16H2,1H3. The van der Waals surface area contributed by atoms with E-state index in [0.717, 1.165) is 16.7 Å². The minimum atomic E-state index is -3.61. The lowest BCUT2D eigenvalue weighted by molar-refractivity contribution is 0.601. The van der Waals surface area contributed by atoms with Gasteiger partial charge in [-0.1, -0.05) is 36.4 Å². The second-order valence-electron chi connectivity index (χ2n) is 7.17. The zero-order chi connectivity index (χ0) is 21.7. The Morgan fingerprint density at radius 1 is 0.806 bits per heavy atom. The van der Waals surface area contributed by atoms with Gasteiger partial charge in [0.1, 0.15) is 5.82 Å². The van der Waals surface area contributed by atoms with Crippen molar-refractivity contribution in [1.82, 2.24) is 15.0 Å². The Bertz CT molecular complexity index is 1190. The van der Waals surface area contributed by atoms with E-state index in [1.807, 2.05) is 60.9 Å². The molecule has 7 heteroatoms. The number of para-hydroxylation sites is 1. The number of sulfonamides is 1. The summed E-state index contributed by atoms with van der Waals surface area (Å²) in [4.78, 5) is 12.8. The van der Waals surface area contributed by atoms with Gasteiger partial charge in [-0.3, -0.25) is 9.97 Å². The molecule has 0 fully saturated rings. The summed E-state index contributed by atoms with van der Waals surface area (Å²) < 4.78 is 26.8. The van der Waals surface area contributed by atoms with Crippen LogP contribution in [0.3, 0.4) is 0 Å². The van der Waals surface area contributed by atoms with Crippen LogP contribution < -0.4 is 4.31 Å². The summed E-state index contributed by atoms with van der Waals surface area (Å²) in [6, 6.07) is 20.6. The van der Waals surface area contributed by atoms with Crippen molar-refractivity contribution in [3.8, 4) is 0 Å². The molecule has 0 amide bonds. The third-order valence-electron chi connectivity index (χ3n) is 5.00.